The van der Waals surface area contributed by atoms with Gasteiger partial charge in [0.25, 0.3) is 0 Å². The van der Waals surface area contributed by atoms with Crippen molar-refractivity contribution in [2.45, 2.75) is 19.8 Å². The van der Waals surface area contributed by atoms with Crippen molar-refractivity contribution >= 4 is 17.7 Å². The smallest absolute Gasteiger partial charge is 0.338 e. The van der Waals surface area contributed by atoms with Crippen LogP contribution in [-0.2, 0) is 0 Å². The quantitative estimate of drug-likeness (QED) is 0.862. The molecule has 0 atom stereocenters. The summed E-state index contributed by atoms with van der Waals surface area (Å²) in [6, 6.07) is 3.13. The van der Waals surface area contributed by atoms with E-state index in [2.05, 4.69) is 5.32 Å². The molecule has 0 fully saturated rings. The summed E-state index contributed by atoms with van der Waals surface area (Å²) in [6.07, 6.45) is 1.86. The highest BCUT2D eigenvalue weighted by Crippen LogP contribution is 2.15. The molecular formula is C13H17FN2O3. The molecule has 6 heteroatoms. The second kappa shape index (κ2) is 6.72. The average molecular weight is 268 g/mol. The maximum atomic E-state index is 13.4. The van der Waals surface area contributed by atoms with E-state index < -0.39 is 17.3 Å². The molecule has 0 unspecified atom stereocenters. The van der Waals surface area contributed by atoms with Gasteiger partial charge in [-0.05, 0) is 24.6 Å². The van der Waals surface area contributed by atoms with Crippen LogP contribution < -0.4 is 5.32 Å². The number of carboxylic acid groups (broad SMARTS) is 1. The summed E-state index contributed by atoms with van der Waals surface area (Å²) in [4.78, 5) is 23.9. The van der Waals surface area contributed by atoms with Gasteiger partial charge in [0.2, 0.25) is 0 Å². The minimum Gasteiger partial charge on any atom is -0.478 e. The monoisotopic (exact) mass is 268 g/mol. The van der Waals surface area contributed by atoms with Crippen LogP contribution in [0.5, 0.6) is 0 Å². The van der Waals surface area contributed by atoms with Crippen molar-refractivity contribution in [3.05, 3.63) is 29.6 Å². The van der Waals surface area contributed by atoms with E-state index in [4.69, 9.17) is 5.11 Å². The first-order valence-electron chi connectivity index (χ1n) is 6.00. The number of unbranched alkanes of at least 4 members (excludes halogenated alkanes) is 1. The number of urea groups is 1. The highest BCUT2D eigenvalue weighted by atomic mass is 19.1. The van der Waals surface area contributed by atoms with Gasteiger partial charge in [-0.2, -0.15) is 0 Å². The van der Waals surface area contributed by atoms with Crippen LogP contribution in [0, 0.1) is 5.82 Å². The molecule has 0 radical (unpaired) electrons. The summed E-state index contributed by atoms with van der Waals surface area (Å²) >= 11 is 0. The zero-order valence-electron chi connectivity index (χ0n) is 10.9. The number of amides is 2. The summed E-state index contributed by atoms with van der Waals surface area (Å²) in [5, 5.41) is 11.2. The van der Waals surface area contributed by atoms with E-state index in [9.17, 15) is 14.0 Å². The van der Waals surface area contributed by atoms with Crippen molar-refractivity contribution < 1.29 is 19.1 Å². The third-order valence-corrected chi connectivity index (χ3v) is 2.64. The number of carboxylic acids is 1. The van der Waals surface area contributed by atoms with Crippen LogP contribution in [0.1, 0.15) is 30.1 Å². The number of hydrogen-bond acceptors (Lipinski definition) is 2. The molecule has 1 aromatic carbocycles. The molecular weight excluding hydrogens is 251 g/mol. The molecule has 0 aliphatic heterocycles. The first kappa shape index (κ1) is 14.9. The fraction of sp³-hybridized carbons (Fsp3) is 0.385. The fourth-order valence-electron chi connectivity index (χ4n) is 1.48. The zero-order chi connectivity index (χ0) is 14.4. The number of hydrogen-bond donors (Lipinski definition) is 2. The molecule has 0 saturated carbocycles. The Balaban J connectivity index is 2.70. The summed E-state index contributed by atoms with van der Waals surface area (Å²) in [5.41, 5.74) is -0.187. The van der Waals surface area contributed by atoms with Gasteiger partial charge >= 0.3 is 12.0 Å². The fourth-order valence-corrected chi connectivity index (χ4v) is 1.48. The molecule has 1 aromatic rings. The maximum absolute atomic E-state index is 13.4. The number of benzene rings is 1. The Morgan fingerprint density at radius 3 is 2.63 bits per heavy atom. The number of aromatic carboxylic acids is 1. The Hall–Kier alpha value is -2.11. The van der Waals surface area contributed by atoms with Crippen molar-refractivity contribution in [2.24, 2.45) is 0 Å². The van der Waals surface area contributed by atoms with E-state index in [-0.39, 0.29) is 11.7 Å². The highest BCUT2D eigenvalue weighted by Gasteiger charge is 2.13. The van der Waals surface area contributed by atoms with Crippen LogP contribution in [0.3, 0.4) is 0 Å². The molecule has 0 aliphatic carbocycles. The second-order valence-corrected chi connectivity index (χ2v) is 4.21. The predicted octanol–water partition coefficient (Wildman–Crippen LogP) is 2.79. The second-order valence-electron chi connectivity index (χ2n) is 4.21. The standard InChI is InChI=1S/C13H17FN2O3/c1-3-4-7-16(2)13(19)15-9-5-6-10(12(17)18)11(14)8-9/h5-6,8H,3-4,7H2,1-2H3,(H,15,19)(H,17,18). The van der Waals surface area contributed by atoms with Gasteiger partial charge in [0.05, 0.1) is 5.56 Å². The van der Waals surface area contributed by atoms with E-state index >= 15 is 0 Å². The van der Waals surface area contributed by atoms with Gasteiger partial charge in [-0.25, -0.2) is 14.0 Å². The van der Waals surface area contributed by atoms with Crippen LogP contribution in [-0.4, -0.2) is 35.6 Å². The van der Waals surface area contributed by atoms with Crippen molar-refractivity contribution in [1.29, 1.82) is 0 Å². The largest absolute Gasteiger partial charge is 0.478 e. The lowest BCUT2D eigenvalue weighted by Gasteiger charge is -2.17. The molecule has 19 heavy (non-hydrogen) atoms. The molecule has 1 rings (SSSR count). The topological polar surface area (TPSA) is 69.6 Å². The summed E-state index contributed by atoms with van der Waals surface area (Å²) < 4.78 is 13.4. The third kappa shape index (κ3) is 4.24. The average Bonchev–Trinajstić information content (AvgIpc) is 2.35. The molecule has 104 valence electrons. The normalized spacial score (nSPS) is 10.1. The number of nitrogens with zero attached hydrogens (tertiary/aromatic N) is 1. The summed E-state index contributed by atoms with van der Waals surface area (Å²) in [5.74, 6) is -2.21. The van der Waals surface area contributed by atoms with E-state index in [0.29, 0.717) is 6.54 Å². The number of rotatable bonds is 5. The van der Waals surface area contributed by atoms with Crippen molar-refractivity contribution in [1.82, 2.24) is 4.90 Å². The van der Waals surface area contributed by atoms with Gasteiger partial charge in [-0.1, -0.05) is 13.3 Å². The predicted molar refractivity (Wildman–Crippen MR) is 69.9 cm³/mol. The van der Waals surface area contributed by atoms with Gasteiger partial charge in [-0.15, -0.1) is 0 Å². The van der Waals surface area contributed by atoms with Crippen LogP contribution in [0.25, 0.3) is 0 Å². The SMILES string of the molecule is CCCCN(C)C(=O)Nc1ccc(C(=O)O)c(F)c1. The van der Waals surface area contributed by atoms with Gasteiger partial charge in [0.15, 0.2) is 0 Å². The number of carbonyl (C=O) groups is 2. The Kier molecular flexibility index (Phi) is 5.29. The lowest BCUT2D eigenvalue weighted by molar-refractivity contribution is 0.0692. The first-order valence-corrected chi connectivity index (χ1v) is 6.00. The van der Waals surface area contributed by atoms with Crippen molar-refractivity contribution in [3.63, 3.8) is 0 Å². The summed E-state index contributed by atoms with van der Waals surface area (Å²) in [7, 11) is 1.65. The number of carbonyl (C=O) groups excluding carboxylic acids is 1. The number of nitrogens with one attached hydrogen (secondary N) is 1. The van der Waals surface area contributed by atoms with Crippen molar-refractivity contribution in [3.8, 4) is 0 Å². The van der Waals surface area contributed by atoms with Crippen LogP contribution in [0.15, 0.2) is 18.2 Å². The highest BCUT2D eigenvalue weighted by molar-refractivity contribution is 5.91. The summed E-state index contributed by atoms with van der Waals surface area (Å²) in [6.45, 7) is 2.63. The molecule has 0 saturated heterocycles. The first-order chi connectivity index (χ1) is 8.95. The van der Waals surface area contributed by atoms with Crippen molar-refractivity contribution in [2.75, 3.05) is 18.9 Å². The molecule has 0 spiro atoms. The van der Waals surface area contributed by atoms with Gasteiger partial charge in [0.1, 0.15) is 5.82 Å². The zero-order valence-corrected chi connectivity index (χ0v) is 10.9. The lowest BCUT2D eigenvalue weighted by Crippen LogP contribution is -2.32. The van der Waals surface area contributed by atoms with E-state index in [1.165, 1.54) is 11.0 Å². The lowest BCUT2D eigenvalue weighted by atomic mass is 10.2. The third-order valence-electron chi connectivity index (χ3n) is 2.64. The Labute approximate surface area is 111 Å². The Morgan fingerprint density at radius 1 is 1.42 bits per heavy atom. The molecule has 2 amide bonds. The molecule has 0 heterocycles. The minimum absolute atomic E-state index is 0.232. The molecule has 0 aromatic heterocycles. The van der Waals surface area contributed by atoms with E-state index in [0.717, 1.165) is 25.0 Å². The van der Waals surface area contributed by atoms with E-state index in [1.54, 1.807) is 7.05 Å². The van der Waals surface area contributed by atoms with Crippen LogP contribution in [0.2, 0.25) is 0 Å². The van der Waals surface area contributed by atoms with Crippen LogP contribution in [0.4, 0.5) is 14.9 Å². The van der Waals surface area contributed by atoms with Crippen LogP contribution >= 0.6 is 0 Å². The Morgan fingerprint density at radius 2 is 2.11 bits per heavy atom. The van der Waals surface area contributed by atoms with E-state index in [1.807, 2.05) is 6.92 Å². The van der Waals surface area contributed by atoms with Gasteiger partial charge < -0.3 is 15.3 Å². The maximum Gasteiger partial charge on any atom is 0.338 e. The molecule has 2 N–H and O–H groups in total. The number of halogens is 1. The molecule has 5 nitrogen and oxygen atoms in total. The molecule has 0 bridgehead atoms. The number of anilines is 1. The van der Waals surface area contributed by atoms with Gasteiger partial charge in [-0.3, -0.25) is 0 Å². The minimum atomic E-state index is -1.34. The van der Waals surface area contributed by atoms with Gasteiger partial charge in [0, 0.05) is 19.3 Å². The Bertz CT molecular complexity index is 477. The molecule has 0 aliphatic rings.